The second-order valence-corrected chi connectivity index (χ2v) is 6.46. The molecule has 1 aromatic rings. The summed E-state index contributed by atoms with van der Waals surface area (Å²) in [6.45, 7) is 4.79. The van der Waals surface area contributed by atoms with Crippen molar-refractivity contribution in [2.24, 2.45) is 0 Å². The molecule has 0 heterocycles. The monoisotopic (exact) mass is 361 g/mol. The van der Waals surface area contributed by atoms with Gasteiger partial charge >= 0.3 is 0 Å². The van der Waals surface area contributed by atoms with Crippen molar-refractivity contribution in [3.63, 3.8) is 0 Å². The van der Waals surface area contributed by atoms with Crippen molar-refractivity contribution in [1.29, 1.82) is 0 Å². The van der Waals surface area contributed by atoms with Crippen LogP contribution in [0.25, 0.3) is 0 Å². The summed E-state index contributed by atoms with van der Waals surface area (Å²) < 4.78 is 6.58. The fourth-order valence-corrected chi connectivity index (χ4v) is 2.01. The van der Waals surface area contributed by atoms with Gasteiger partial charge in [0, 0.05) is 12.7 Å². The maximum Gasteiger partial charge on any atom is 0.120 e. The summed E-state index contributed by atoms with van der Waals surface area (Å²) in [4.78, 5) is 0. The van der Waals surface area contributed by atoms with Crippen LogP contribution in [0.1, 0.15) is 18.1 Å². The minimum Gasteiger partial charge on any atom is -0.489 e. The Kier molecular flexibility index (Phi) is 6.06. The van der Waals surface area contributed by atoms with E-state index in [-0.39, 0.29) is 0 Å². The average Bonchev–Trinajstić information content (AvgIpc) is 2.27. The van der Waals surface area contributed by atoms with Gasteiger partial charge in [-0.3, -0.25) is 0 Å². The van der Waals surface area contributed by atoms with Gasteiger partial charge in [-0.25, -0.2) is 0 Å². The highest BCUT2D eigenvalue weighted by molar-refractivity contribution is 9.28. The number of rotatable bonds is 5. The first kappa shape index (κ1) is 14.6. The molecule has 0 saturated carbocycles. The van der Waals surface area contributed by atoms with Crippen LogP contribution in [0.3, 0.4) is 0 Å². The van der Waals surface area contributed by atoms with E-state index in [0.717, 1.165) is 15.6 Å². The number of aryl methyl sites for hydroxylation is 2. The van der Waals surface area contributed by atoms with E-state index in [9.17, 15) is 0 Å². The van der Waals surface area contributed by atoms with Gasteiger partial charge < -0.3 is 10.1 Å². The Morgan fingerprint density at radius 2 is 2.12 bits per heavy atom. The van der Waals surface area contributed by atoms with Crippen molar-refractivity contribution < 1.29 is 4.74 Å². The van der Waals surface area contributed by atoms with Crippen LogP contribution in [0, 0.1) is 6.92 Å². The van der Waals surface area contributed by atoms with Crippen LogP contribution in [0.5, 0.6) is 5.75 Å². The highest BCUT2D eigenvalue weighted by Gasteiger charge is 2.06. The molecule has 1 aromatic carbocycles. The topological polar surface area (TPSA) is 21.3 Å². The highest BCUT2D eigenvalue weighted by Crippen LogP contribution is 2.27. The first-order valence-corrected chi connectivity index (χ1v) is 7.12. The lowest BCUT2D eigenvalue weighted by Crippen LogP contribution is -2.00. The Labute approximate surface area is 120 Å². The summed E-state index contributed by atoms with van der Waals surface area (Å²) in [7, 11) is 1.95. The maximum atomic E-state index is 5.68. The third kappa shape index (κ3) is 4.36. The van der Waals surface area contributed by atoms with Crippen LogP contribution in [0.4, 0.5) is 5.69 Å². The van der Waals surface area contributed by atoms with Crippen molar-refractivity contribution in [2.45, 2.75) is 20.3 Å². The lowest BCUT2D eigenvalue weighted by Gasteiger charge is -2.13. The molecule has 17 heavy (non-hydrogen) atoms. The van der Waals surface area contributed by atoms with E-state index in [1.165, 1.54) is 16.8 Å². The zero-order chi connectivity index (χ0) is 12.8. The summed E-state index contributed by atoms with van der Waals surface area (Å²) in [6, 6.07) is 4.15. The minimum atomic E-state index is 0.549. The van der Waals surface area contributed by atoms with E-state index in [0.29, 0.717) is 6.61 Å². The molecule has 1 rings (SSSR count). The fraction of sp³-hybridized carbons (Fsp3) is 0.385. The van der Waals surface area contributed by atoms with Crippen LogP contribution in [0.15, 0.2) is 21.6 Å². The Hall–Kier alpha value is -0.480. The molecule has 0 unspecified atom stereocenters. The average molecular weight is 363 g/mol. The molecule has 0 spiro atoms. The molecule has 0 bridgehead atoms. The SMILES string of the molecule is CCc1cc(OCC=C(Br)Br)cc(C)c1NC. The number of hydrogen-bond acceptors (Lipinski definition) is 2. The Morgan fingerprint density at radius 1 is 1.41 bits per heavy atom. The number of ether oxygens (including phenoxy) is 1. The quantitative estimate of drug-likeness (QED) is 0.825. The summed E-state index contributed by atoms with van der Waals surface area (Å²) in [5.74, 6) is 0.913. The van der Waals surface area contributed by atoms with Gasteiger partial charge in [0.2, 0.25) is 0 Å². The summed E-state index contributed by atoms with van der Waals surface area (Å²) >= 11 is 6.60. The molecule has 1 N–H and O–H groups in total. The van der Waals surface area contributed by atoms with Crippen LogP contribution < -0.4 is 10.1 Å². The Morgan fingerprint density at radius 3 is 2.65 bits per heavy atom. The zero-order valence-electron chi connectivity index (χ0n) is 10.3. The van der Waals surface area contributed by atoms with E-state index in [1.807, 2.05) is 13.1 Å². The smallest absolute Gasteiger partial charge is 0.120 e. The first-order valence-electron chi connectivity index (χ1n) is 5.53. The van der Waals surface area contributed by atoms with Gasteiger partial charge in [0.25, 0.3) is 0 Å². The second-order valence-electron chi connectivity index (χ2n) is 3.68. The van der Waals surface area contributed by atoms with Gasteiger partial charge in [0.05, 0.1) is 3.39 Å². The van der Waals surface area contributed by atoms with E-state index < -0.39 is 0 Å². The zero-order valence-corrected chi connectivity index (χ0v) is 13.5. The third-order valence-corrected chi connectivity index (χ3v) is 3.16. The lowest BCUT2D eigenvalue weighted by atomic mass is 10.1. The number of benzene rings is 1. The number of anilines is 1. The van der Waals surface area contributed by atoms with Crippen LogP contribution >= 0.6 is 31.9 Å². The molecule has 0 aliphatic heterocycles. The molecular formula is C13H17Br2NO. The van der Waals surface area contributed by atoms with Crippen molar-refractivity contribution in [2.75, 3.05) is 19.0 Å². The molecule has 2 nitrogen and oxygen atoms in total. The third-order valence-electron chi connectivity index (χ3n) is 2.51. The molecule has 0 atom stereocenters. The van der Waals surface area contributed by atoms with Crippen molar-refractivity contribution in [3.8, 4) is 5.75 Å². The molecule has 0 aromatic heterocycles. The Bertz CT molecular complexity index is 412. The first-order chi connectivity index (χ1) is 8.08. The summed E-state index contributed by atoms with van der Waals surface area (Å²) in [6.07, 6.45) is 2.92. The molecule has 94 valence electrons. The summed E-state index contributed by atoms with van der Waals surface area (Å²) in [5.41, 5.74) is 3.70. The molecule has 0 aliphatic rings. The standard InChI is InChI=1S/C13H17Br2NO/c1-4-10-8-11(17-6-5-12(14)15)7-9(2)13(10)16-3/h5,7-8,16H,4,6H2,1-3H3. The number of nitrogens with one attached hydrogen (secondary N) is 1. The van der Waals surface area contributed by atoms with E-state index in [1.54, 1.807) is 0 Å². The molecule has 0 saturated heterocycles. The van der Waals surface area contributed by atoms with Crippen molar-refractivity contribution in [3.05, 3.63) is 32.7 Å². The molecular weight excluding hydrogens is 346 g/mol. The highest BCUT2D eigenvalue weighted by atomic mass is 79.9. The summed E-state index contributed by atoms with van der Waals surface area (Å²) in [5, 5.41) is 3.23. The van der Waals surface area contributed by atoms with Crippen molar-refractivity contribution in [1.82, 2.24) is 0 Å². The fourth-order valence-electron chi connectivity index (χ4n) is 1.75. The van der Waals surface area contributed by atoms with Crippen molar-refractivity contribution >= 4 is 37.5 Å². The number of halogens is 2. The van der Waals surface area contributed by atoms with Gasteiger partial charge in [-0.15, -0.1) is 0 Å². The molecule has 0 fully saturated rings. The molecule has 0 aliphatic carbocycles. The second kappa shape index (κ2) is 7.07. The maximum absolute atomic E-state index is 5.68. The van der Waals surface area contributed by atoms with Crippen LogP contribution in [-0.2, 0) is 6.42 Å². The van der Waals surface area contributed by atoms with E-state index in [2.05, 4.69) is 63.2 Å². The van der Waals surface area contributed by atoms with E-state index in [4.69, 9.17) is 4.74 Å². The lowest BCUT2D eigenvalue weighted by molar-refractivity contribution is 0.362. The predicted molar refractivity (Wildman–Crippen MR) is 81.5 cm³/mol. The van der Waals surface area contributed by atoms with Crippen LogP contribution in [-0.4, -0.2) is 13.7 Å². The molecule has 4 heteroatoms. The normalized spacial score (nSPS) is 9.94. The molecule has 0 amide bonds. The molecule has 0 radical (unpaired) electrons. The van der Waals surface area contributed by atoms with E-state index >= 15 is 0 Å². The van der Waals surface area contributed by atoms with Crippen LogP contribution in [0.2, 0.25) is 0 Å². The van der Waals surface area contributed by atoms with Gasteiger partial charge in [-0.05, 0) is 74.5 Å². The largest absolute Gasteiger partial charge is 0.489 e. The minimum absolute atomic E-state index is 0.549. The van der Waals surface area contributed by atoms with Gasteiger partial charge in [-0.1, -0.05) is 6.92 Å². The van der Waals surface area contributed by atoms with Gasteiger partial charge in [-0.2, -0.15) is 0 Å². The van der Waals surface area contributed by atoms with Gasteiger partial charge in [0.1, 0.15) is 12.4 Å². The Balaban J connectivity index is 2.88. The number of hydrogen-bond donors (Lipinski definition) is 1. The predicted octanol–water partition coefficient (Wildman–Crippen LogP) is 4.61. The van der Waals surface area contributed by atoms with Gasteiger partial charge in [0.15, 0.2) is 0 Å².